The summed E-state index contributed by atoms with van der Waals surface area (Å²) < 4.78 is 0.955. The van der Waals surface area contributed by atoms with Crippen LogP contribution in [-0.4, -0.2) is 3.92 Å². The molecule has 17 heavy (non-hydrogen) atoms. The largest absolute Gasteiger partial charge is 0.0826 e. The van der Waals surface area contributed by atoms with E-state index in [4.69, 9.17) is 0 Å². The monoisotopic (exact) mass is 348 g/mol. The van der Waals surface area contributed by atoms with Crippen molar-refractivity contribution in [2.45, 2.75) is 82.5 Å². The van der Waals surface area contributed by atoms with Crippen molar-refractivity contribution in [2.75, 3.05) is 0 Å². The van der Waals surface area contributed by atoms with Crippen LogP contribution in [0.15, 0.2) is 0 Å². The predicted molar refractivity (Wildman–Crippen MR) is 84.7 cm³/mol. The van der Waals surface area contributed by atoms with Gasteiger partial charge in [0.25, 0.3) is 0 Å². The van der Waals surface area contributed by atoms with Crippen LogP contribution in [0.2, 0.25) is 0 Å². The zero-order chi connectivity index (χ0) is 12.5. The molecule has 0 aliphatic heterocycles. The fourth-order valence-corrected chi connectivity index (χ4v) is 4.77. The third-order valence-corrected chi connectivity index (χ3v) is 7.51. The van der Waals surface area contributed by atoms with Gasteiger partial charge in [-0.15, -0.1) is 0 Å². The lowest BCUT2D eigenvalue weighted by molar-refractivity contribution is -0.0139. The van der Waals surface area contributed by atoms with Gasteiger partial charge in [-0.1, -0.05) is 49.8 Å². The molecule has 0 nitrogen and oxygen atoms in total. The Kier molecular flexibility index (Phi) is 4.48. The Morgan fingerprint density at radius 2 is 1.29 bits per heavy atom. The van der Waals surface area contributed by atoms with Crippen LogP contribution in [0.25, 0.3) is 0 Å². The van der Waals surface area contributed by atoms with Crippen molar-refractivity contribution in [2.24, 2.45) is 16.7 Å². The van der Waals surface area contributed by atoms with Gasteiger partial charge in [-0.25, -0.2) is 0 Å². The molecule has 0 radical (unpaired) electrons. The number of hydrogen-bond donors (Lipinski definition) is 0. The lowest BCUT2D eigenvalue weighted by Crippen LogP contribution is -2.43. The van der Waals surface area contributed by atoms with Crippen LogP contribution in [-0.2, 0) is 0 Å². The van der Waals surface area contributed by atoms with Crippen LogP contribution < -0.4 is 0 Å². The Labute approximate surface area is 121 Å². The molecular formula is C16H29I. The average molecular weight is 348 g/mol. The maximum absolute atomic E-state index is 2.66. The molecule has 0 saturated heterocycles. The van der Waals surface area contributed by atoms with Crippen LogP contribution >= 0.6 is 22.6 Å². The van der Waals surface area contributed by atoms with E-state index >= 15 is 0 Å². The minimum Gasteiger partial charge on any atom is -0.0826 e. The molecule has 100 valence electrons. The van der Waals surface area contributed by atoms with Crippen LogP contribution in [0, 0.1) is 16.7 Å². The average Bonchev–Trinajstić information content (AvgIpc) is 2.34. The quantitative estimate of drug-likeness (QED) is 0.426. The lowest BCUT2D eigenvalue weighted by atomic mass is 9.53. The molecular weight excluding hydrogens is 319 g/mol. The number of rotatable bonds is 2. The Bertz CT molecular complexity index is 242. The van der Waals surface area contributed by atoms with Gasteiger partial charge >= 0.3 is 0 Å². The van der Waals surface area contributed by atoms with E-state index in [9.17, 15) is 0 Å². The van der Waals surface area contributed by atoms with Crippen molar-refractivity contribution in [1.82, 2.24) is 0 Å². The minimum atomic E-state index is 0.646. The Balaban J connectivity index is 2.00. The van der Waals surface area contributed by atoms with E-state index in [0.717, 1.165) is 9.84 Å². The Morgan fingerprint density at radius 1 is 0.882 bits per heavy atom. The first-order chi connectivity index (χ1) is 7.99. The molecule has 0 unspecified atom stereocenters. The fourth-order valence-electron chi connectivity index (χ4n) is 4.15. The van der Waals surface area contributed by atoms with E-state index in [1.807, 2.05) is 0 Å². The van der Waals surface area contributed by atoms with Crippen molar-refractivity contribution in [3.63, 3.8) is 0 Å². The first kappa shape index (κ1) is 14.1. The van der Waals surface area contributed by atoms with Crippen LogP contribution in [0.3, 0.4) is 0 Å². The zero-order valence-electron chi connectivity index (χ0n) is 11.9. The van der Waals surface area contributed by atoms with Crippen LogP contribution in [0.5, 0.6) is 0 Å². The van der Waals surface area contributed by atoms with Gasteiger partial charge < -0.3 is 0 Å². The van der Waals surface area contributed by atoms with Gasteiger partial charge in [0.15, 0.2) is 0 Å². The SMILES string of the molecule is CCC1CCC(C)(C2(C)CCC(I)CC2)CC1. The van der Waals surface area contributed by atoms with Gasteiger partial charge in [-0.2, -0.15) is 0 Å². The molecule has 2 fully saturated rings. The summed E-state index contributed by atoms with van der Waals surface area (Å²) in [5.41, 5.74) is 1.29. The van der Waals surface area contributed by atoms with Gasteiger partial charge in [0, 0.05) is 3.92 Å². The third-order valence-electron chi connectivity index (χ3n) is 6.26. The number of alkyl halides is 1. The second-order valence-electron chi connectivity index (χ2n) is 7.15. The lowest BCUT2D eigenvalue weighted by Gasteiger charge is -2.53. The van der Waals surface area contributed by atoms with Gasteiger partial charge in [0.2, 0.25) is 0 Å². The molecule has 2 rings (SSSR count). The van der Waals surface area contributed by atoms with E-state index < -0.39 is 0 Å². The molecule has 0 aromatic heterocycles. The minimum absolute atomic E-state index is 0.646. The Morgan fingerprint density at radius 3 is 1.71 bits per heavy atom. The molecule has 0 aromatic rings. The second-order valence-corrected chi connectivity index (χ2v) is 8.91. The molecule has 2 aliphatic rings. The fraction of sp³-hybridized carbons (Fsp3) is 1.00. The standard InChI is InChI=1S/C16H29I/c1-4-13-5-9-15(2,10-6-13)16(3)11-7-14(17)8-12-16/h13-14H,4-12H2,1-3H3. The van der Waals surface area contributed by atoms with Crippen LogP contribution in [0.1, 0.15) is 78.6 Å². The summed E-state index contributed by atoms with van der Waals surface area (Å²) >= 11 is 2.66. The third kappa shape index (κ3) is 2.84. The van der Waals surface area contributed by atoms with Crippen molar-refractivity contribution in [3.05, 3.63) is 0 Å². The number of halogens is 1. The molecule has 0 aromatic carbocycles. The summed E-state index contributed by atoms with van der Waals surface area (Å²) in [6, 6.07) is 0. The summed E-state index contributed by atoms with van der Waals surface area (Å²) in [5.74, 6) is 1.03. The second kappa shape index (κ2) is 5.38. The summed E-state index contributed by atoms with van der Waals surface area (Å²) in [7, 11) is 0. The highest BCUT2D eigenvalue weighted by Crippen LogP contribution is 2.57. The van der Waals surface area contributed by atoms with Crippen LogP contribution in [0.4, 0.5) is 0 Å². The van der Waals surface area contributed by atoms with Crippen molar-refractivity contribution in [1.29, 1.82) is 0 Å². The van der Waals surface area contributed by atoms with E-state index in [0.29, 0.717) is 10.8 Å². The maximum Gasteiger partial charge on any atom is 0.0110 e. The Hall–Kier alpha value is 0.730. The summed E-state index contributed by atoms with van der Waals surface area (Å²) in [6.45, 7) is 7.57. The molecule has 2 saturated carbocycles. The van der Waals surface area contributed by atoms with E-state index in [1.165, 1.54) is 57.8 Å². The van der Waals surface area contributed by atoms with Gasteiger partial charge in [0.1, 0.15) is 0 Å². The first-order valence-corrected chi connectivity index (χ1v) is 8.88. The molecule has 0 N–H and O–H groups in total. The van der Waals surface area contributed by atoms with E-state index in [-0.39, 0.29) is 0 Å². The van der Waals surface area contributed by atoms with Gasteiger partial charge in [0.05, 0.1) is 0 Å². The smallest absolute Gasteiger partial charge is 0.0110 e. The first-order valence-electron chi connectivity index (χ1n) is 7.63. The molecule has 1 heteroatoms. The molecule has 0 atom stereocenters. The highest BCUT2D eigenvalue weighted by atomic mass is 127. The topological polar surface area (TPSA) is 0 Å². The van der Waals surface area contributed by atoms with Gasteiger partial charge in [-0.05, 0) is 68.1 Å². The molecule has 0 bridgehead atoms. The molecule has 2 aliphatic carbocycles. The molecule has 0 amide bonds. The molecule has 0 spiro atoms. The highest BCUT2D eigenvalue weighted by Gasteiger charge is 2.46. The van der Waals surface area contributed by atoms with E-state index in [2.05, 4.69) is 43.4 Å². The number of hydrogen-bond acceptors (Lipinski definition) is 0. The normalized spacial score (nSPS) is 48.0. The highest BCUT2D eigenvalue weighted by molar-refractivity contribution is 14.1. The van der Waals surface area contributed by atoms with Crippen molar-refractivity contribution < 1.29 is 0 Å². The molecule has 0 heterocycles. The maximum atomic E-state index is 2.66. The van der Waals surface area contributed by atoms with E-state index in [1.54, 1.807) is 0 Å². The predicted octanol–water partition coefficient (Wildman–Crippen LogP) is 5.98. The zero-order valence-corrected chi connectivity index (χ0v) is 14.1. The van der Waals surface area contributed by atoms with Crippen molar-refractivity contribution in [3.8, 4) is 0 Å². The summed E-state index contributed by atoms with van der Waals surface area (Å²) in [5, 5.41) is 0. The summed E-state index contributed by atoms with van der Waals surface area (Å²) in [4.78, 5) is 0. The van der Waals surface area contributed by atoms with Crippen molar-refractivity contribution >= 4 is 22.6 Å². The van der Waals surface area contributed by atoms with Gasteiger partial charge in [-0.3, -0.25) is 0 Å². The summed E-state index contributed by atoms with van der Waals surface area (Å²) in [6.07, 6.45) is 13.3.